The molecule has 0 spiro atoms. The second-order valence-electron chi connectivity index (χ2n) is 8.93. The molecule has 1 aliphatic rings. The van der Waals surface area contributed by atoms with E-state index in [1.807, 2.05) is 0 Å². The van der Waals surface area contributed by atoms with Crippen molar-refractivity contribution in [3.05, 3.63) is 113 Å². The van der Waals surface area contributed by atoms with E-state index in [2.05, 4.69) is 15.2 Å². The SMILES string of the molecule is Cc1nc2ccccn2c1C(O)=C1C(=O)C(=O)N(c2nnc(SCc3ccccc3F)s2)C1c1ccc(F)cc1. The van der Waals surface area contributed by atoms with Crippen LogP contribution in [0.3, 0.4) is 0 Å². The molecule has 12 heteroatoms. The van der Waals surface area contributed by atoms with Crippen LogP contribution in [0.15, 0.2) is 82.8 Å². The molecule has 1 saturated heterocycles. The van der Waals surface area contributed by atoms with E-state index >= 15 is 0 Å². The Hall–Kier alpha value is -4.42. The number of imidazole rings is 1. The number of rotatable bonds is 6. The minimum atomic E-state index is -1.10. The average Bonchev–Trinajstić information content (AvgIpc) is 3.62. The van der Waals surface area contributed by atoms with E-state index in [0.29, 0.717) is 26.8 Å². The van der Waals surface area contributed by atoms with Crippen molar-refractivity contribution in [2.75, 3.05) is 4.90 Å². The number of Topliss-reactive ketones (excluding diaryl/α,β-unsaturated/α-hetero) is 1. The highest BCUT2D eigenvalue weighted by Crippen LogP contribution is 2.44. The first-order valence-corrected chi connectivity index (χ1v) is 13.8. The monoisotopic (exact) mass is 575 g/mol. The highest BCUT2D eigenvalue weighted by Gasteiger charge is 2.48. The highest BCUT2D eigenvalue weighted by atomic mass is 32.2. The fourth-order valence-corrected chi connectivity index (χ4v) is 6.48. The standard InChI is InChI=1S/C28H19F2N5O3S2/c1-15-22(34-13-5-4-8-20(34)31-15)24(36)21-23(16-9-11-18(29)12-10-16)35(26(38)25(21)37)27-32-33-28(40-27)39-14-17-6-2-3-7-19(17)30/h2-13,23,36H,14H2,1H3. The molecular weight excluding hydrogens is 556 g/mol. The summed E-state index contributed by atoms with van der Waals surface area (Å²) in [6.07, 6.45) is 1.69. The van der Waals surface area contributed by atoms with E-state index < -0.39 is 29.3 Å². The molecule has 2 aromatic carbocycles. The molecule has 200 valence electrons. The predicted octanol–water partition coefficient (Wildman–Crippen LogP) is 5.69. The molecule has 6 rings (SSSR count). The fraction of sp³-hybridized carbons (Fsp3) is 0.107. The maximum Gasteiger partial charge on any atom is 0.301 e. The lowest BCUT2D eigenvalue weighted by Gasteiger charge is -2.22. The molecule has 1 unspecified atom stereocenters. The van der Waals surface area contributed by atoms with Crippen LogP contribution in [0.1, 0.15) is 28.6 Å². The molecule has 40 heavy (non-hydrogen) atoms. The van der Waals surface area contributed by atoms with Gasteiger partial charge in [0.2, 0.25) is 5.13 Å². The van der Waals surface area contributed by atoms with Gasteiger partial charge in [-0.25, -0.2) is 13.8 Å². The summed E-state index contributed by atoms with van der Waals surface area (Å²) in [7, 11) is 0. The number of pyridine rings is 1. The Bertz CT molecular complexity index is 1820. The molecule has 4 heterocycles. The summed E-state index contributed by atoms with van der Waals surface area (Å²) < 4.78 is 30.0. The van der Waals surface area contributed by atoms with Gasteiger partial charge in [0.15, 0.2) is 10.1 Å². The molecule has 0 bridgehead atoms. The molecule has 0 saturated carbocycles. The van der Waals surface area contributed by atoms with Gasteiger partial charge >= 0.3 is 5.91 Å². The van der Waals surface area contributed by atoms with Crippen LogP contribution in [-0.4, -0.2) is 36.4 Å². The summed E-state index contributed by atoms with van der Waals surface area (Å²) in [6, 6.07) is 15.9. The minimum Gasteiger partial charge on any atom is -0.505 e. The lowest BCUT2D eigenvalue weighted by atomic mass is 9.96. The Morgan fingerprint density at radius 3 is 2.55 bits per heavy atom. The molecule has 0 aliphatic carbocycles. The number of anilines is 1. The quantitative estimate of drug-likeness (QED) is 0.0913. The third kappa shape index (κ3) is 4.44. The smallest absolute Gasteiger partial charge is 0.301 e. The second-order valence-corrected chi connectivity index (χ2v) is 11.1. The van der Waals surface area contributed by atoms with Gasteiger partial charge in [-0.2, -0.15) is 0 Å². The van der Waals surface area contributed by atoms with Gasteiger partial charge in [-0.05, 0) is 48.4 Å². The number of hydrogen-bond acceptors (Lipinski definition) is 8. The number of halogens is 2. The third-order valence-corrected chi connectivity index (χ3v) is 8.57. The zero-order valence-corrected chi connectivity index (χ0v) is 22.4. The molecule has 1 amide bonds. The summed E-state index contributed by atoms with van der Waals surface area (Å²) in [4.78, 5) is 32.5. The topological polar surface area (TPSA) is 101 Å². The maximum atomic E-state index is 14.1. The summed E-state index contributed by atoms with van der Waals surface area (Å²) in [5.74, 6) is -2.80. The van der Waals surface area contributed by atoms with Crippen molar-refractivity contribution in [1.82, 2.24) is 19.6 Å². The van der Waals surface area contributed by atoms with Gasteiger partial charge in [0.1, 0.15) is 23.0 Å². The van der Waals surface area contributed by atoms with Crippen LogP contribution in [-0.2, 0) is 15.3 Å². The van der Waals surface area contributed by atoms with E-state index in [9.17, 15) is 23.5 Å². The number of fused-ring (bicyclic) bond motifs is 1. The molecule has 1 atom stereocenters. The number of ketones is 1. The lowest BCUT2D eigenvalue weighted by Crippen LogP contribution is -2.29. The van der Waals surface area contributed by atoms with Gasteiger partial charge in [0, 0.05) is 11.9 Å². The number of aliphatic hydroxyl groups is 1. The number of aromatic nitrogens is 4. The normalized spacial score (nSPS) is 16.8. The van der Waals surface area contributed by atoms with E-state index in [0.717, 1.165) is 16.2 Å². The number of aliphatic hydroxyl groups excluding tert-OH is 1. The Morgan fingerprint density at radius 1 is 1.02 bits per heavy atom. The Kier molecular flexibility index (Phi) is 6.64. The van der Waals surface area contributed by atoms with E-state index in [4.69, 9.17) is 0 Å². The highest BCUT2D eigenvalue weighted by molar-refractivity contribution is 8.00. The Balaban J connectivity index is 1.44. The largest absolute Gasteiger partial charge is 0.505 e. The van der Waals surface area contributed by atoms with Crippen LogP contribution >= 0.6 is 23.1 Å². The lowest BCUT2D eigenvalue weighted by molar-refractivity contribution is -0.132. The van der Waals surface area contributed by atoms with E-state index in [1.165, 1.54) is 42.1 Å². The zero-order valence-electron chi connectivity index (χ0n) is 20.8. The number of amides is 1. The summed E-state index contributed by atoms with van der Waals surface area (Å²) in [5, 5.41) is 19.9. The Labute approximate surface area is 234 Å². The first kappa shape index (κ1) is 25.8. The molecular formula is C28H19F2N5O3S2. The van der Waals surface area contributed by atoms with Crippen LogP contribution in [0, 0.1) is 18.6 Å². The van der Waals surface area contributed by atoms with Gasteiger partial charge < -0.3 is 5.11 Å². The molecule has 1 fully saturated rings. The van der Waals surface area contributed by atoms with Crippen LogP contribution in [0.4, 0.5) is 13.9 Å². The number of carbonyl (C=O) groups excluding carboxylic acids is 2. The number of hydrogen-bond donors (Lipinski definition) is 1. The number of aryl methyl sites for hydroxylation is 1. The summed E-state index contributed by atoms with van der Waals surface area (Å²) in [6.45, 7) is 1.69. The molecule has 3 aromatic heterocycles. The maximum absolute atomic E-state index is 14.1. The van der Waals surface area contributed by atoms with Crippen molar-refractivity contribution in [2.45, 2.75) is 23.1 Å². The molecule has 8 nitrogen and oxygen atoms in total. The van der Waals surface area contributed by atoms with Gasteiger partial charge in [0.25, 0.3) is 5.78 Å². The molecule has 0 radical (unpaired) electrons. The van der Waals surface area contributed by atoms with Gasteiger partial charge in [0.05, 0.1) is 17.3 Å². The fourth-order valence-electron chi connectivity index (χ4n) is 4.63. The number of thioether (sulfide) groups is 1. The minimum absolute atomic E-state index is 0.112. The van der Waals surface area contributed by atoms with Gasteiger partial charge in [-0.15, -0.1) is 10.2 Å². The van der Waals surface area contributed by atoms with Crippen molar-refractivity contribution >= 4 is 51.3 Å². The van der Waals surface area contributed by atoms with Crippen molar-refractivity contribution < 1.29 is 23.5 Å². The van der Waals surface area contributed by atoms with Crippen molar-refractivity contribution in [1.29, 1.82) is 0 Å². The van der Waals surface area contributed by atoms with Gasteiger partial charge in [-0.1, -0.05) is 59.5 Å². The number of benzene rings is 2. The van der Waals surface area contributed by atoms with Crippen LogP contribution in [0.25, 0.3) is 11.4 Å². The molecule has 5 aromatic rings. The summed E-state index contributed by atoms with van der Waals surface area (Å²) >= 11 is 2.29. The van der Waals surface area contributed by atoms with Crippen LogP contribution < -0.4 is 4.90 Å². The zero-order chi connectivity index (χ0) is 28.0. The number of carbonyl (C=O) groups is 2. The average molecular weight is 576 g/mol. The summed E-state index contributed by atoms with van der Waals surface area (Å²) in [5.41, 5.74) is 1.97. The van der Waals surface area contributed by atoms with Crippen LogP contribution in [0.5, 0.6) is 0 Å². The number of nitrogens with zero attached hydrogens (tertiary/aromatic N) is 5. The van der Waals surface area contributed by atoms with E-state index in [-0.39, 0.29) is 28.0 Å². The molecule has 1 aliphatic heterocycles. The van der Waals surface area contributed by atoms with Crippen molar-refractivity contribution in [3.63, 3.8) is 0 Å². The van der Waals surface area contributed by atoms with Gasteiger partial charge in [-0.3, -0.25) is 18.9 Å². The third-order valence-electron chi connectivity index (χ3n) is 6.47. The molecule has 1 N–H and O–H groups in total. The van der Waals surface area contributed by atoms with Crippen LogP contribution in [0.2, 0.25) is 0 Å². The van der Waals surface area contributed by atoms with E-state index in [1.54, 1.807) is 53.9 Å². The Morgan fingerprint density at radius 2 is 1.77 bits per heavy atom. The predicted molar refractivity (Wildman–Crippen MR) is 147 cm³/mol. The second kappa shape index (κ2) is 10.3. The van der Waals surface area contributed by atoms with Crippen molar-refractivity contribution in [2.24, 2.45) is 0 Å². The first-order valence-electron chi connectivity index (χ1n) is 12.0. The van der Waals surface area contributed by atoms with Crippen molar-refractivity contribution in [3.8, 4) is 0 Å². The first-order chi connectivity index (χ1) is 19.3.